The summed E-state index contributed by atoms with van der Waals surface area (Å²) in [5.74, 6) is 0.610. The van der Waals surface area contributed by atoms with Gasteiger partial charge in [0.1, 0.15) is 0 Å². The van der Waals surface area contributed by atoms with Gasteiger partial charge in [-0.15, -0.1) is 11.6 Å². The second-order valence-electron chi connectivity index (χ2n) is 4.28. The minimum atomic E-state index is 0.0859. The van der Waals surface area contributed by atoms with Crippen molar-refractivity contribution in [3.8, 4) is 0 Å². The first-order valence-electron chi connectivity index (χ1n) is 5.85. The van der Waals surface area contributed by atoms with E-state index in [2.05, 4.69) is 15.9 Å². The molecule has 4 heteroatoms. The maximum atomic E-state index is 12.4. The van der Waals surface area contributed by atoms with Crippen molar-refractivity contribution < 1.29 is 4.79 Å². The Hall–Kier alpha value is -0.540. The van der Waals surface area contributed by atoms with Gasteiger partial charge in [0.2, 0.25) is 0 Å². The van der Waals surface area contributed by atoms with Gasteiger partial charge in [-0.1, -0.05) is 12.1 Å². The highest BCUT2D eigenvalue weighted by Gasteiger charge is 2.27. The van der Waals surface area contributed by atoms with E-state index in [-0.39, 0.29) is 11.9 Å². The molecule has 1 fully saturated rings. The van der Waals surface area contributed by atoms with Crippen LogP contribution in [0.15, 0.2) is 28.7 Å². The van der Waals surface area contributed by atoms with Gasteiger partial charge in [0.25, 0.3) is 5.91 Å². The largest absolute Gasteiger partial charge is 0.334 e. The molecule has 0 spiro atoms. The standard InChI is InChI=1S/C13H15BrClNO/c14-12-7-2-1-6-11(12)13(17)16-8-4-3-5-10(16)9-15/h1-2,6-7,10H,3-5,8-9H2. The highest BCUT2D eigenvalue weighted by Crippen LogP contribution is 2.24. The van der Waals surface area contributed by atoms with Gasteiger partial charge in [-0.25, -0.2) is 0 Å². The molecule has 0 radical (unpaired) electrons. The van der Waals surface area contributed by atoms with Crippen molar-refractivity contribution in [1.82, 2.24) is 4.90 Å². The van der Waals surface area contributed by atoms with E-state index in [0.29, 0.717) is 5.88 Å². The molecule has 0 bridgehead atoms. The fraction of sp³-hybridized carbons (Fsp3) is 0.462. The average Bonchev–Trinajstić information content (AvgIpc) is 2.38. The average molecular weight is 317 g/mol. The van der Waals surface area contributed by atoms with Gasteiger partial charge in [-0.05, 0) is 47.3 Å². The molecule has 1 unspecified atom stereocenters. The van der Waals surface area contributed by atoms with E-state index < -0.39 is 0 Å². The van der Waals surface area contributed by atoms with Gasteiger partial charge in [0.15, 0.2) is 0 Å². The van der Waals surface area contributed by atoms with Crippen LogP contribution in [0.4, 0.5) is 0 Å². The predicted molar refractivity (Wildman–Crippen MR) is 73.5 cm³/mol. The molecule has 1 saturated heterocycles. The number of amides is 1. The van der Waals surface area contributed by atoms with Gasteiger partial charge in [0.05, 0.1) is 5.56 Å². The topological polar surface area (TPSA) is 20.3 Å². The third-order valence-electron chi connectivity index (χ3n) is 3.17. The number of likely N-dealkylation sites (tertiary alicyclic amines) is 1. The quantitative estimate of drug-likeness (QED) is 0.762. The van der Waals surface area contributed by atoms with Crippen molar-refractivity contribution in [2.24, 2.45) is 0 Å². The molecule has 0 aliphatic carbocycles. The van der Waals surface area contributed by atoms with Gasteiger partial charge in [0, 0.05) is 22.9 Å². The molecule has 1 aromatic rings. The van der Waals surface area contributed by atoms with E-state index in [1.54, 1.807) is 0 Å². The molecule has 2 rings (SSSR count). The number of nitrogens with zero attached hydrogens (tertiary/aromatic N) is 1. The van der Waals surface area contributed by atoms with Gasteiger partial charge < -0.3 is 4.90 Å². The Morgan fingerprint density at radius 3 is 2.88 bits per heavy atom. The molecule has 0 aromatic heterocycles. The fourth-order valence-electron chi connectivity index (χ4n) is 2.22. The van der Waals surface area contributed by atoms with Crippen LogP contribution in [0, 0.1) is 0 Å². The Morgan fingerprint density at radius 1 is 1.41 bits per heavy atom. The van der Waals surface area contributed by atoms with Crippen molar-refractivity contribution in [2.75, 3.05) is 12.4 Å². The van der Waals surface area contributed by atoms with Crippen LogP contribution >= 0.6 is 27.5 Å². The third kappa shape index (κ3) is 2.83. The minimum absolute atomic E-state index is 0.0859. The monoisotopic (exact) mass is 315 g/mol. The lowest BCUT2D eigenvalue weighted by Gasteiger charge is -2.34. The zero-order chi connectivity index (χ0) is 12.3. The summed E-state index contributed by atoms with van der Waals surface area (Å²) in [6, 6.07) is 7.73. The summed E-state index contributed by atoms with van der Waals surface area (Å²) in [4.78, 5) is 14.3. The maximum Gasteiger partial charge on any atom is 0.255 e. The van der Waals surface area contributed by atoms with Crippen LogP contribution in [0.1, 0.15) is 29.6 Å². The highest BCUT2D eigenvalue weighted by atomic mass is 79.9. The first-order chi connectivity index (χ1) is 8.24. The SMILES string of the molecule is O=C(c1ccccc1Br)N1CCCCC1CCl. The van der Waals surface area contributed by atoms with E-state index in [1.165, 1.54) is 0 Å². The number of halogens is 2. The number of carbonyl (C=O) groups is 1. The Morgan fingerprint density at radius 2 is 2.18 bits per heavy atom. The summed E-state index contributed by atoms with van der Waals surface area (Å²) in [6.45, 7) is 0.817. The number of hydrogen-bond donors (Lipinski definition) is 0. The van der Waals surface area contributed by atoms with Gasteiger partial charge in [-0.2, -0.15) is 0 Å². The molecule has 0 saturated carbocycles. The number of hydrogen-bond acceptors (Lipinski definition) is 1. The molecular weight excluding hydrogens is 302 g/mol. The van der Waals surface area contributed by atoms with E-state index in [9.17, 15) is 4.79 Å². The Labute approximate surface area is 115 Å². The Kier molecular flexibility index (Phi) is 4.46. The van der Waals surface area contributed by atoms with E-state index >= 15 is 0 Å². The summed E-state index contributed by atoms with van der Waals surface area (Å²) in [7, 11) is 0. The fourth-order valence-corrected chi connectivity index (χ4v) is 2.99. The van der Waals surface area contributed by atoms with Crippen LogP contribution in [0.3, 0.4) is 0 Å². The molecular formula is C13H15BrClNO. The normalized spacial score (nSPS) is 20.4. The smallest absolute Gasteiger partial charge is 0.255 e. The first kappa shape index (κ1) is 12.9. The summed E-state index contributed by atoms with van der Waals surface area (Å²) >= 11 is 9.37. The third-order valence-corrected chi connectivity index (χ3v) is 4.22. The summed E-state index contributed by atoms with van der Waals surface area (Å²) in [5, 5.41) is 0. The van der Waals surface area contributed by atoms with Crippen molar-refractivity contribution in [2.45, 2.75) is 25.3 Å². The van der Waals surface area contributed by atoms with Crippen molar-refractivity contribution in [1.29, 1.82) is 0 Å². The molecule has 1 aromatic carbocycles. The summed E-state index contributed by atoms with van der Waals surface area (Å²) in [6.07, 6.45) is 3.25. The number of alkyl halides is 1. The van der Waals surface area contributed by atoms with Crippen LogP contribution in [-0.2, 0) is 0 Å². The second kappa shape index (κ2) is 5.87. The van der Waals surface area contributed by atoms with Crippen molar-refractivity contribution in [3.05, 3.63) is 34.3 Å². The van der Waals surface area contributed by atoms with Crippen LogP contribution < -0.4 is 0 Å². The molecule has 1 aliphatic rings. The van der Waals surface area contributed by atoms with Crippen LogP contribution in [0.25, 0.3) is 0 Å². The zero-order valence-corrected chi connectivity index (χ0v) is 11.9. The molecule has 1 amide bonds. The molecule has 1 aliphatic heterocycles. The first-order valence-corrected chi connectivity index (χ1v) is 7.18. The number of rotatable bonds is 2. The summed E-state index contributed by atoms with van der Waals surface area (Å²) in [5.41, 5.74) is 0.726. The summed E-state index contributed by atoms with van der Waals surface area (Å²) < 4.78 is 0.851. The number of carbonyl (C=O) groups excluding carboxylic acids is 1. The molecule has 1 heterocycles. The lowest BCUT2D eigenvalue weighted by atomic mass is 10.0. The second-order valence-corrected chi connectivity index (χ2v) is 5.45. The van der Waals surface area contributed by atoms with E-state index in [4.69, 9.17) is 11.6 Å². The van der Waals surface area contributed by atoms with Gasteiger partial charge >= 0.3 is 0 Å². The van der Waals surface area contributed by atoms with Crippen molar-refractivity contribution in [3.63, 3.8) is 0 Å². The molecule has 0 N–H and O–H groups in total. The van der Waals surface area contributed by atoms with E-state index in [1.807, 2.05) is 29.2 Å². The van der Waals surface area contributed by atoms with Crippen LogP contribution in [-0.4, -0.2) is 29.3 Å². The molecule has 1 atom stereocenters. The van der Waals surface area contributed by atoms with Crippen LogP contribution in [0.2, 0.25) is 0 Å². The lowest BCUT2D eigenvalue weighted by Crippen LogP contribution is -2.44. The molecule has 17 heavy (non-hydrogen) atoms. The van der Waals surface area contributed by atoms with Gasteiger partial charge in [-0.3, -0.25) is 4.79 Å². The zero-order valence-electron chi connectivity index (χ0n) is 9.53. The minimum Gasteiger partial charge on any atom is -0.334 e. The Balaban J connectivity index is 2.21. The molecule has 2 nitrogen and oxygen atoms in total. The predicted octanol–water partition coefficient (Wildman–Crippen LogP) is 3.68. The maximum absolute atomic E-state index is 12.4. The van der Waals surface area contributed by atoms with Crippen molar-refractivity contribution >= 4 is 33.4 Å². The molecule has 92 valence electrons. The van der Waals surface area contributed by atoms with Crippen LogP contribution in [0.5, 0.6) is 0 Å². The number of benzene rings is 1. The number of piperidine rings is 1. The Bertz CT molecular complexity index is 410. The van der Waals surface area contributed by atoms with E-state index in [0.717, 1.165) is 35.8 Å². The highest BCUT2D eigenvalue weighted by molar-refractivity contribution is 9.10. The lowest BCUT2D eigenvalue weighted by molar-refractivity contribution is 0.0638.